The van der Waals surface area contributed by atoms with Crippen molar-refractivity contribution in [2.24, 2.45) is 5.92 Å². The number of nitrogens with zero attached hydrogens (tertiary/aromatic N) is 1. The Hall–Kier alpha value is -2.04. The Morgan fingerprint density at radius 3 is 2.42 bits per heavy atom. The number of carboxylic acid groups (broad SMARTS) is 1. The van der Waals surface area contributed by atoms with E-state index in [1.54, 1.807) is 0 Å². The van der Waals surface area contributed by atoms with Crippen molar-refractivity contribution in [2.75, 3.05) is 6.54 Å². The quantitative estimate of drug-likeness (QED) is 0.847. The summed E-state index contributed by atoms with van der Waals surface area (Å²) >= 11 is 0. The Balaban J connectivity index is 1.60. The predicted molar refractivity (Wildman–Crippen MR) is 101 cm³/mol. The number of hydrogen-bond donors (Lipinski definition) is 2. The third-order valence-electron chi connectivity index (χ3n) is 5.78. The highest BCUT2D eigenvalue weighted by molar-refractivity contribution is 5.75. The van der Waals surface area contributed by atoms with Gasteiger partial charge in [0.05, 0.1) is 5.92 Å². The number of carbonyl (C=O) groups excluding carboxylic acids is 1. The van der Waals surface area contributed by atoms with Gasteiger partial charge in [0, 0.05) is 19.1 Å². The van der Waals surface area contributed by atoms with Gasteiger partial charge in [-0.1, -0.05) is 39.0 Å². The molecule has 5 heteroatoms. The van der Waals surface area contributed by atoms with Crippen molar-refractivity contribution in [1.82, 2.24) is 10.2 Å². The largest absolute Gasteiger partial charge is 0.481 e. The zero-order chi connectivity index (χ0) is 18.9. The van der Waals surface area contributed by atoms with Crippen LogP contribution in [0.5, 0.6) is 0 Å². The first-order valence-corrected chi connectivity index (χ1v) is 9.64. The number of nitrogens with one attached hydrogen (secondary N) is 1. The smallest absolute Gasteiger partial charge is 0.317 e. The van der Waals surface area contributed by atoms with Crippen molar-refractivity contribution in [3.8, 4) is 0 Å². The van der Waals surface area contributed by atoms with Gasteiger partial charge in [-0.3, -0.25) is 4.79 Å². The summed E-state index contributed by atoms with van der Waals surface area (Å²) in [6.07, 6.45) is 3.69. The standard InChI is InChI=1S/C21H30N2O3/c1-21(2,3)17-7-4-14-10-11-23(13-16(14)12-17)20(26)22-18-8-5-15(6-9-18)19(24)25/h4,7,12,15,18H,5-6,8-11,13H2,1-3H3,(H,22,26)(H,24,25). The summed E-state index contributed by atoms with van der Waals surface area (Å²) in [6.45, 7) is 7.99. The average molecular weight is 358 g/mol. The minimum Gasteiger partial charge on any atom is -0.481 e. The fourth-order valence-corrected chi connectivity index (χ4v) is 3.95. The van der Waals surface area contributed by atoms with Gasteiger partial charge < -0.3 is 15.3 Å². The molecule has 0 unspecified atom stereocenters. The summed E-state index contributed by atoms with van der Waals surface area (Å²) in [6, 6.07) is 6.73. The number of rotatable bonds is 2. The first kappa shape index (κ1) is 18.7. The van der Waals surface area contributed by atoms with Crippen molar-refractivity contribution in [1.29, 1.82) is 0 Å². The van der Waals surface area contributed by atoms with Crippen molar-refractivity contribution in [3.05, 3.63) is 34.9 Å². The van der Waals surface area contributed by atoms with E-state index >= 15 is 0 Å². The third-order valence-corrected chi connectivity index (χ3v) is 5.78. The molecule has 3 rings (SSSR count). The highest BCUT2D eigenvalue weighted by atomic mass is 16.4. The van der Waals surface area contributed by atoms with Crippen LogP contribution in [0.2, 0.25) is 0 Å². The van der Waals surface area contributed by atoms with Gasteiger partial charge in [-0.25, -0.2) is 4.79 Å². The summed E-state index contributed by atoms with van der Waals surface area (Å²) in [5, 5.41) is 12.2. The molecule has 5 nitrogen and oxygen atoms in total. The Morgan fingerprint density at radius 2 is 1.81 bits per heavy atom. The zero-order valence-electron chi connectivity index (χ0n) is 16.0. The average Bonchev–Trinajstić information content (AvgIpc) is 2.60. The minimum atomic E-state index is -0.711. The number of carbonyl (C=O) groups is 2. The molecule has 0 spiro atoms. The van der Waals surface area contributed by atoms with Gasteiger partial charge in [0.15, 0.2) is 0 Å². The van der Waals surface area contributed by atoms with Gasteiger partial charge in [0.2, 0.25) is 0 Å². The molecule has 1 aliphatic carbocycles. The van der Waals surface area contributed by atoms with Crippen LogP contribution in [-0.4, -0.2) is 34.6 Å². The molecule has 1 aliphatic heterocycles. The number of hydrogen-bond acceptors (Lipinski definition) is 2. The maximum atomic E-state index is 12.7. The molecule has 1 aromatic carbocycles. The molecule has 2 N–H and O–H groups in total. The highest BCUT2D eigenvalue weighted by Crippen LogP contribution is 2.28. The Kier molecular flexibility index (Phi) is 5.26. The second-order valence-electron chi connectivity index (χ2n) is 8.74. The van der Waals surface area contributed by atoms with E-state index in [9.17, 15) is 9.59 Å². The highest BCUT2D eigenvalue weighted by Gasteiger charge is 2.29. The molecule has 1 fully saturated rings. The van der Waals surface area contributed by atoms with Gasteiger partial charge in [-0.2, -0.15) is 0 Å². The Bertz CT molecular complexity index is 685. The van der Waals surface area contributed by atoms with E-state index in [4.69, 9.17) is 5.11 Å². The molecule has 0 bridgehead atoms. The normalized spacial score (nSPS) is 23.3. The fourth-order valence-electron chi connectivity index (χ4n) is 3.95. The molecule has 0 radical (unpaired) electrons. The van der Waals surface area contributed by atoms with Crippen LogP contribution < -0.4 is 5.32 Å². The molecule has 0 saturated heterocycles. The van der Waals surface area contributed by atoms with Crippen LogP contribution in [0.4, 0.5) is 4.79 Å². The second-order valence-corrected chi connectivity index (χ2v) is 8.74. The molecule has 1 aromatic rings. The first-order valence-electron chi connectivity index (χ1n) is 9.64. The van der Waals surface area contributed by atoms with Gasteiger partial charge in [0.1, 0.15) is 0 Å². The molecular formula is C21H30N2O3. The molecule has 0 atom stereocenters. The van der Waals surface area contributed by atoms with Crippen molar-refractivity contribution in [3.63, 3.8) is 0 Å². The number of urea groups is 1. The number of benzene rings is 1. The summed E-state index contributed by atoms with van der Waals surface area (Å²) in [7, 11) is 0. The molecule has 0 aromatic heterocycles. The molecule has 2 aliphatic rings. The topological polar surface area (TPSA) is 69.6 Å². The lowest BCUT2D eigenvalue weighted by Crippen LogP contribution is -2.47. The van der Waals surface area contributed by atoms with Crippen LogP contribution in [0.1, 0.15) is 63.1 Å². The molecule has 26 heavy (non-hydrogen) atoms. The van der Waals surface area contributed by atoms with Crippen LogP contribution in [0.15, 0.2) is 18.2 Å². The summed E-state index contributed by atoms with van der Waals surface area (Å²) < 4.78 is 0. The van der Waals surface area contributed by atoms with E-state index in [-0.39, 0.29) is 23.4 Å². The number of fused-ring (bicyclic) bond motifs is 1. The predicted octanol–water partition coefficient (Wildman–Crippen LogP) is 3.70. The monoisotopic (exact) mass is 358 g/mol. The Labute approximate surface area is 155 Å². The van der Waals surface area contributed by atoms with E-state index in [0.29, 0.717) is 19.4 Å². The van der Waals surface area contributed by atoms with E-state index in [0.717, 1.165) is 25.8 Å². The van der Waals surface area contributed by atoms with E-state index < -0.39 is 5.97 Å². The summed E-state index contributed by atoms with van der Waals surface area (Å²) in [5.74, 6) is -0.960. The molecular weight excluding hydrogens is 328 g/mol. The van der Waals surface area contributed by atoms with Crippen molar-refractivity contribution < 1.29 is 14.7 Å². The second kappa shape index (κ2) is 7.29. The van der Waals surface area contributed by atoms with Gasteiger partial charge in [0.25, 0.3) is 0 Å². The first-order chi connectivity index (χ1) is 12.2. The summed E-state index contributed by atoms with van der Waals surface area (Å²) in [5.41, 5.74) is 3.98. The molecule has 2 amide bonds. The van der Waals surface area contributed by atoms with Crippen LogP contribution >= 0.6 is 0 Å². The van der Waals surface area contributed by atoms with E-state index in [2.05, 4.69) is 44.3 Å². The van der Waals surface area contributed by atoms with Crippen LogP contribution in [0.25, 0.3) is 0 Å². The van der Waals surface area contributed by atoms with Crippen LogP contribution in [0, 0.1) is 5.92 Å². The fraction of sp³-hybridized carbons (Fsp3) is 0.619. The maximum absolute atomic E-state index is 12.7. The molecule has 142 valence electrons. The van der Waals surface area contributed by atoms with Crippen molar-refractivity contribution >= 4 is 12.0 Å². The summed E-state index contributed by atoms with van der Waals surface area (Å²) in [4.78, 5) is 25.6. The maximum Gasteiger partial charge on any atom is 0.317 e. The van der Waals surface area contributed by atoms with E-state index in [1.165, 1.54) is 16.7 Å². The van der Waals surface area contributed by atoms with Gasteiger partial charge >= 0.3 is 12.0 Å². The molecule has 1 saturated carbocycles. The van der Waals surface area contributed by atoms with E-state index in [1.807, 2.05) is 4.90 Å². The molecule has 1 heterocycles. The zero-order valence-corrected chi connectivity index (χ0v) is 16.0. The minimum absolute atomic E-state index is 0.0180. The Morgan fingerprint density at radius 1 is 1.12 bits per heavy atom. The third kappa shape index (κ3) is 4.19. The lowest BCUT2D eigenvalue weighted by molar-refractivity contribution is -0.142. The van der Waals surface area contributed by atoms with Gasteiger partial charge in [-0.15, -0.1) is 0 Å². The van der Waals surface area contributed by atoms with Crippen LogP contribution in [0.3, 0.4) is 0 Å². The van der Waals surface area contributed by atoms with Crippen molar-refractivity contribution in [2.45, 2.75) is 70.9 Å². The lowest BCUT2D eigenvalue weighted by Gasteiger charge is -2.33. The van der Waals surface area contributed by atoms with Gasteiger partial charge in [-0.05, 0) is 54.2 Å². The number of carboxylic acids is 1. The number of aliphatic carboxylic acids is 1. The lowest BCUT2D eigenvalue weighted by atomic mass is 9.84. The number of amides is 2. The SMILES string of the molecule is CC(C)(C)c1ccc2c(c1)CN(C(=O)NC1CCC(C(=O)O)CC1)CC2. The van der Waals surface area contributed by atoms with Crippen LogP contribution in [-0.2, 0) is 23.2 Å².